The highest BCUT2D eigenvalue weighted by Crippen LogP contribution is 2.33. The van der Waals surface area contributed by atoms with E-state index in [-0.39, 0.29) is 45.5 Å². The molecule has 0 heterocycles. The third-order valence-corrected chi connectivity index (χ3v) is 10.9. The van der Waals surface area contributed by atoms with Gasteiger partial charge in [-0.15, -0.1) is 0 Å². The van der Waals surface area contributed by atoms with Gasteiger partial charge in [-0.3, -0.25) is 13.9 Å². The fraction of sp³-hybridized carbons (Fsp3) is 0.278. The Morgan fingerprint density at radius 3 is 2.13 bits per heavy atom. The van der Waals surface area contributed by atoms with Crippen molar-refractivity contribution in [1.82, 2.24) is 10.2 Å². The number of aryl methyl sites for hydroxylation is 1. The number of anilines is 1. The van der Waals surface area contributed by atoms with Gasteiger partial charge in [-0.1, -0.05) is 108 Å². The number of halogens is 3. The molecule has 0 bridgehead atoms. The van der Waals surface area contributed by atoms with Gasteiger partial charge in [0.2, 0.25) is 11.8 Å². The normalized spacial score (nSPS) is 14.0. The summed E-state index contributed by atoms with van der Waals surface area (Å²) in [7, 11) is -4.32. The number of carbonyl (C=O) groups is 2. The van der Waals surface area contributed by atoms with Gasteiger partial charge in [-0.2, -0.15) is 0 Å². The number of carbonyl (C=O) groups excluding carboxylic acids is 2. The Kier molecular flexibility index (Phi) is 11.5. The zero-order chi connectivity index (χ0) is 33.6. The summed E-state index contributed by atoms with van der Waals surface area (Å²) in [5, 5.41) is 4.04. The van der Waals surface area contributed by atoms with E-state index in [9.17, 15) is 18.0 Å². The Morgan fingerprint density at radius 1 is 0.830 bits per heavy atom. The molecule has 47 heavy (non-hydrogen) atoms. The number of rotatable bonds is 12. The maximum atomic E-state index is 14.6. The minimum atomic E-state index is -4.32. The van der Waals surface area contributed by atoms with Crippen LogP contribution in [0.3, 0.4) is 0 Å². The summed E-state index contributed by atoms with van der Waals surface area (Å²) in [5.74, 6) is -0.883. The van der Waals surface area contributed by atoms with E-state index in [1.54, 1.807) is 42.5 Å². The molecule has 2 amide bonds. The fourth-order valence-electron chi connectivity index (χ4n) is 5.74. The summed E-state index contributed by atoms with van der Waals surface area (Å²) in [6.45, 7) is 1.25. The van der Waals surface area contributed by atoms with Crippen molar-refractivity contribution < 1.29 is 18.0 Å². The molecule has 1 fully saturated rings. The minimum Gasteiger partial charge on any atom is -0.352 e. The molecule has 1 saturated carbocycles. The first-order valence-electron chi connectivity index (χ1n) is 15.4. The second kappa shape index (κ2) is 15.6. The van der Waals surface area contributed by atoms with Crippen LogP contribution in [0.5, 0.6) is 0 Å². The number of sulfonamides is 1. The van der Waals surface area contributed by atoms with E-state index < -0.39 is 28.5 Å². The van der Waals surface area contributed by atoms with Crippen molar-refractivity contribution in [3.8, 4) is 0 Å². The maximum Gasteiger partial charge on any atom is 0.264 e. The number of benzene rings is 4. The SMILES string of the molecule is Cc1ccc(S(=O)(=O)N(CC(=O)N(Cc2ccc(Cl)cc2)[C@@H](Cc2ccccc2)C(=O)NC2CCCC2)c2cc(Cl)ccc2Cl)cc1. The Bertz CT molecular complexity index is 1800. The average Bonchev–Trinajstić information content (AvgIpc) is 3.57. The van der Waals surface area contributed by atoms with Crippen LogP contribution in [0.15, 0.2) is 102 Å². The number of hydrogen-bond donors (Lipinski definition) is 1. The van der Waals surface area contributed by atoms with Crippen LogP contribution < -0.4 is 9.62 Å². The second-order valence-electron chi connectivity index (χ2n) is 11.8. The minimum absolute atomic E-state index is 0.0111. The molecule has 246 valence electrons. The van der Waals surface area contributed by atoms with Gasteiger partial charge < -0.3 is 10.2 Å². The Morgan fingerprint density at radius 2 is 1.47 bits per heavy atom. The molecule has 1 N–H and O–H groups in total. The van der Waals surface area contributed by atoms with Gasteiger partial charge in [-0.05, 0) is 73.4 Å². The van der Waals surface area contributed by atoms with Crippen molar-refractivity contribution in [2.75, 3.05) is 10.8 Å². The molecule has 11 heteroatoms. The van der Waals surface area contributed by atoms with Crippen LogP contribution in [0.2, 0.25) is 15.1 Å². The van der Waals surface area contributed by atoms with Crippen LogP contribution in [-0.4, -0.2) is 43.8 Å². The zero-order valence-electron chi connectivity index (χ0n) is 25.9. The van der Waals surface area contributed by atoms with Gasteiger partial charge in [0.25, 0.3) is 10.0 Å². The molecule has 4 aromatic rings. The lowest BCUT2D eigenvalue weighted by atomic mass is 10.0. The Labute approximate surface area is 291 Å². The first kappa shape index (κ1) is 34.8. The summed E-state index contributed by atoms with van der Waals surface area (Å²) < 4.78 is 29.5. The molecule has 0 aliphatic heterocycles. The van der Waals surface area contributed by atoms with E-state index in [2.05, 4.69) is 5.32 Å². The van der Waals surface area contributed by atoms with Gasteiger partial charge in [0.05, 0.1) is 15.6 Å². The molecule has 1 atom stereocenters. The van der Waals surface area contributed by atoms with E-state index in [4.69, 9.17) is 34.8 Å². The molecule has 0 aromatic heterocycles. The van der Waals surface area contributed by atoms with E-state index in [0.29, 0.717) is 5.02 Å². The van der Waals surface area contributed by atoms with E-state index in [1.807, 2.05) is 37.3 Å². The molecular weight excluding hydrogens is 677 g/mol. The molecule has 4 aromatic carbocycles. The highest BCUT2D eigenvalue weighted by atomic mass is 35.5. The van der Waals surface area contributed by atoms with Crippen molar-refractivity contribution in [1.29, 1.82) is 0 Å². The molecular formula is C36H36Cl3N3O4S. The van der Waals surface area contributed by atoms with Crippen LogP contribution >= 0.6 is 34.8 Å². The monoisotopic (exact) mass is 711 g/mol. The molecule has 0 spiro atoms. The summed E-state index contributed by atoms with van der Waals surface area (Å²) >= 11 is 19.1. The third-order valence-electron chi connectivity index (χ3n) is 8.30. The van der Waals surface area contributed by atoms with Crippen molar-refractivity contribution >= 4 is 62.3 Å². The standard InChI is InChI=1S/C36H36Cl3N3O4S/c1-25-11-18-31(19-12-25)47(45,46)42(33-22-29(38)17-20-32(33)39)24-35(43)41(23-27-13-15-28(37)16-14-27)34(21-26-7-3-2-4-8-26)36(44)40-30-9-5-6-10-30/h2-4,7-8,11-20,22,30,34H,5-6,9-10,21,23-24H2,1H3,(H,40,44)/t34-/m0/s1. The molecule has 7 nitrogen and oxygen atoms in total. The summed E-state index contributed by atoms with van der Waals surface area (Å²) in [6, 6.07) is 26.3. The van der Waals surface area contributed by atoms with Crippen LogP contribution in [0.1, 0.15) is 42.4 Å². The summed E-state index contributed by atoms with van der Waals surface area (Å²) in [5.41, 5.74) is 2.51. The first-order valence-corrected chi connectivity index (χ1v) is 18.0. The number of hydrogen-bond acceptors (Lipinski definition) is 4. The van der Waals surface area contributed by atoms with Gasteiger partial charge in [0, 0.05) is 29.1 Å². The number of nitrogens with zero attached hydrogens (tertiary/aromatic N) is 2. The van der Waals surface area contributed by atoms with Gasteiger partial charge >= 0.3 is 0 Å². The molecule has 0 unspecified atom stereocenters. The van der Waals surface area contributed by atoms with Crippen molar-refractivity contribution in [3.05, 3.63) is 129 Å². The van der Waals surface area contributed by atoms with Crippen LogP contribution in [0, 0.1) is 6.92 Å². The smallest absolute Gasteiger partial charge is 0.264 e. The van der Waals surface area contributed by atoms with Gasteiger partial charge in [0.1, 0.15) is 12.6 Å². The van der Waals surface area contributed by atoms with E-state index in [1.165, 1.54) is 29.2 Å². The van der Waals surface area contributed by atoms with E-state index in [0.717, 1.165) is 46.7 Å². The van der Waals surface area contributed by atoms with Crippen molar-refractivity contribution in [2.24, 2.45) is 0 Å². The Hall–Kier alpha value is -3.56. The maximum absolute atomic E-state index is 14.6. The van der Waals surface area contributed by atoms with Gasteiger partial charge in [-0.25, -0.2) is 8.42 Å². The van der Waals surface area contributed by atoms with Crippen LogP contribution in [-0.2, 0) is 32.6 Å². The number of amides is 2. The van der Waals surface area contributed by atoms with Gasteiger partial charge in [0.15, 0.2) is 0 Å². The lowest BCUT2D eigenvalue weighted by molar-refractivity contribution is -0.140. The highest BCUT2D eigenvalue weighted by molar-refractivity contribution is 7.92. The quantitative estimate of drug-likeness (QED) is 0.162. The average molecular weight is 713 g/mol. The fourth-order valence-corrected chi connectivity index (χ4v) is 7.72. The third kappa shape index (κ3) is 8.87. The first-order chi connectivity index (χ1) is 22.5. The predicted octanol–water partition coefficient (Wildman–Crippen LogP) is 7.85. The number of nitrogens with one attached hydrogen (secondary N) is 1. The highest BCUT2D eigenvalue weighted by Gasteiger charge is 2.36. The largest absolute Gasteiger partial charge is 0.352 e. The topological polar surface area (TPSA) is 86.8 Å². The molecule has 1 aliphatic carbocycles. The van der Waals surface area contributed by atoms with Crippen LogP contribution in [0.4, 0.5) is 5.69 Å². The van der Waals surface area contributed by atoms with Crippen LogP contribution in [0.25, 0.3) is 0 Å². The zero-order valence-corrected chi connectivity index (χ0v) is 29.0. The molecule has 5 rings (SSSR count). The van der Waals surface area contributed by atoms with E-state index >= 15 is 0 Å². The second-order valence-corrected chi connectivity index (χ2v) is 14.9. The summed E-state index contributed by atoms with van der Waals surface area (Å²) in [4.78, 5) is 30.2. The molecule has 0 radical (unpaired) electrons. The molecule has 0 saturated heterocycles. The summed E-state index contributed by atoms with van der Waals surface area (Å²) in [6.07, 6.45) is 4.00. The lowest BCUT2D eigenvalue weighted by Crippen LogP contribution is -2.54. The van der Waals surface area contributed by atoms with Crippen molar-refractivity contribution in [3.63, 3.8) is 0 Å². The van der Waals surface area contributed by atoms with Crippen molar-refractivity contribution in [2.45, 2.75) is 62.6 Å². The predicted molar refractivity (Wildman–Crippen MR) is 189 cm³/mol. The lowest BCUT2D eigenvalue weighted by Gasteiger charge is -2.34. The molecule has 1 aliphatic rings. The Balaban J connectivity index is 1.58.